The van der Waals surface area contributed by atoms with Crippen LogP contribution in [0.5, 0.6) is 11.5 Å². The van der Waals surface area contributed by atoms with Gasteiger partial charge in [-0.3, -0.25) is 9.69 Å². The summed E-state index contributed by atoms with van der Waals surface area (Å²) in [6.45, 7) is 2.51. The van der Waals surface area contributed by atoms with Gasteiger partial charge in [0.15, 0.2) is 16.6 Å². The third kappa shape index (κ3) is 4.34. The van der Waals surface area contributed by atoms with E-state index in [1.54, 1.807) is 30.3 Å². The Morgan fingerprint density at radius 1 is 1.34 bits per heavy atom. The molecule has 8 heteroatoms. The van der Waals surface area contributed by atoms with E-state index >= 15 is 0 Å². The molecule has 0 aromatic heterocycles. The summed E-state index contributed by atoms with van der Waals surface area (Å²) in [5.74, 6) is 0.584. The summed E-state index contributed by atoms with van der Waals surface area (Å²) < 4.78 is 11.3. The van der Waals surface area contributed by atoms with Gasteiger partial charge >= 0.3 is 0 Å². The lowest BCUT2D eigenvalue weighted by atomic mass is 10.1. The van der Waals surface area contributed by atoms with Crippen molar-refractivity contribution in [3.63, 3.8) is 0 Å². The average Bonchev–Trinajstić information content (AvgIpc) is 2.99. The predicted molar refractivity (Wildman–Crippen MR) is 115 cm³/mol. The number of carbonyl (C=O) groups excluding carboxylic acids is 1. The molecule has 6 nitrogen and oxygen atoms in total. The minimum atomic E-state index is -0.193. The molecule has 0 aliphatic carbocycles. The van der Waals surface area contributed by atoms with Crippen LogP contribution in [0.15, 0.2) is 42.1 Å². The number of halogens is 1. The highest BCUT2D eigenvalue weighted by Crippen LogP contribution is 2.37. The lowest BCUT2D eigenvalue weighted by Gasteiger charge is -2.14. The Morgan fingerprint density at radius 3 is 2.76 bits per heavy atom. The molecule has 1 fully saturated rings. The quantitative estimate of drug-likeness (QED) is 0.557. The largest absolute Gasteiger partial charge is 0.493 e. The first-order valence-electron chi connectivity index (χ1n) is 8.81. The van der Waals surface area contributed by atoms with Gasteiger partial charge < -0.3 is 14.8 Å². The fourth-order valence-electron chi connectivity index (χ4n) is 2.89. The number of likely N-dealkylation sites (N-methyl/N-ethyl adjacent to an activating group) is 1. The van der Waals surface area contributed by atoms with Crippen molar-refractivity contribution in [2.45, 2.75) is 13.5 Å². The highest BCUT2D eigenvalue weighted by atomic mass is 35.5. The van der Waals surface area contributed by atoms with E-state index in [4.69, 9.17) is 33.3 Å². The molecule has 1 aliphatic heterocycles. The van der Waals surface area contributed by atoms with Crippen LogP contribution < -0.4 is 14.8 Å². The van der Waals surface area contributed by atoms with Crippen LogP contribution >= 0.6 is 23.8 Å². The molecule has 1 N–H and O–H groups in total. The van der Waals surface area contributed by atoms with Crippen LogP contribution in [-0.4, -0.2) is 29.6 Å². The summed E-state index contributed by atoms with van der Waals surface area (Å²) in [6, 6.07) is 12.7. The first-order valence-corrected chi connectivity index (χ1v) is 9.60. The van der Waals surface area contributed by atoms with Crippen molar-refractivity contribution in [3.05, 3.63) is 63.8 Å². The first-order chi connectivity index (χ1) is 14.0. The van der Waals surface area contributed by atoms with Crippen molar-refractivity contribution >= 4 is 40.9 Å². The highest BCUT2D eigenvalue weighted by Gasteiger charge is 2.29. The summed E-state index contributed by atoms with van der Waals surface area (Å²) in [5, 5.41) is 12.8. The molecule has 3 rings (SSSR count). The topological polar surface area (TPSA) is 74.6 Å². The standard InChI is InChI=1S/C21H18ClN3O3S/c1-3-25-20(26)17(24-21(25)29)9-13-8-16(22)19(18(10-13)27-2)28-12-15-7-5-4-6-14(15)11-23/h4-10H,3,12H2,1-2H3,(H,24,29)/b17-9-. The molecule has 1 saturated heterocycles. The van der Waals surface area contributed by atoms with Gasteiger partial charge in [-0.1, -0.05) is 29.8 Å². The summed E-state index contributed by atoms with van der Waals surface area (Å²) in [5.41, 5.74) is 2.30. The van der Waals surface area contributed by atoms with Gasteiger partial charge in [0, 0.05) is 12.1 Å². The van der Waals surface area contributed by atoms with Crippen molar-refractivity contribution in [2.24, 2.45) is 0 Å². The second-order valence-corrected chi connectivity index (χ2v) is 6.92. The van der Waals surface area contributed by atoms with E-state index in [0.29, 0.717) is 45.0 Å². The molecule has 0 radical (unpaired) electrons. The van der Waals surface area contributed by atoms with Crippen molar-refractivity contribution < 1.29 is 14.3 Å². The van der Waals surface area contributed by atoms with E-state index in [1.165, 1.54) is 12.0 Å². The van der Waals surface area contributed by atoms with E-state index < -0.39 is 0 Å². The Hall–Kier alpha value is -3.08. The minimum absolute atomic E-state index is 0.167. The molecule has 29 heavy (non-hydrogen) atoms. The number of methoxy groups -OCH3 is 1. The molecule has 1 heterocycles. The van der Waals surface area contributed by atoms with Gasteiger partial charge in [0.25, 0.3) is 5.91 Å². The minimum Gasteiger partial charge on any atom is -0.493 e. The SMILES string of the molecule is CCN1C(=O)/C(=C/c2cc(Cl)c(OCc3ccccc3C#N)c(OC)c2)NC1=S. The van der Waals surface area contributed by atoms with E-state index in [2.05, 4.69) is 11.4 Å². The van der Waals surface area contributed by atoms with Crippen molar-refractivity contribution in [2.75, 3.05) is 13.7 Å². The van der Waals surface area contributed by atoms with Gasteiger partial charge in [-0.2, -0.15) is 5.26 Å². The summed E-state index contributed by atoms with van der Waals surface area (Å²) in [6.07, 6.45) is 1.66. The van der Waals surface area contributed by atoms with Crippen molar-refractivity contribution in [1.29, 1.82) is 5.26 Å². The summed E-state index contributed by atoms with van der Waals surface area (Å²) in [7, 11) is 1.51. The van der Waals surface area contributed by atoms with E-state index in [1.807, 2.05) is 19.1 Å². The van der Waals surface area contributed by atoms with Crippen LogP contribution in [0.3, 0.4) is 0 Å². The summed E-state index contributed by atoms with van der Waals surface area (Å²) in [4.78, 5) is 13.8. The Kier molecular flexibility index (Phi) is 6.37. The number of hydrogen-bond acceptors (Lipinski definition) is 5. The second kappa shape index (κ2) is 8.95. The van der Waals surface area contributed by atoms with Crippen LogP contribution in [0.1, 0.15) is 23.6 Å². The maximum Gasteiger partial charge on any atom is 0.276 e. The smallest absolute Gasteiger partial charge is 0.276 e. The molecule has 2 aromatic carbocycles. The average molecular weight is 428 g/mol. The number of thiocarbonyl (C=S) groups is 1. The third-order valence-corrected chi connectivity index (χ3v) is 4.95. The van der Waals surface area contributed by atoms with Crippen molar-refractivity contribution in [1.82, 2.24) is 10.2 Å². The van der Waals surface area contributed by atoms with Crippen LogP contribution in [0, 0.1) is 11.3 Å². The van der Waals surface area contributed by atoms with Crippen molar-refractivity contribution in [3.8, 4) is 17.6 Å². The first kappa shape index (κ1) is 20.6. The predicted octanol–water partition coefficient (Wildman–Crippen LogP) is 3.88. The van der Waals surface area contributed by atoms with Gasteiger partial charge in [-0.05, 0) is 49.0 Å². The molecule has 0 unspecified atom stereocenters. The van der Waals surface area contributed by atoms with Gasteiger partial charge in [0.2, 0.25) is 0 Å². The molecular formula is C21H18ClN3O3S. The van der Waals surface area contributed by atoms with Gasteiger partial charge in [0.05, 0.1) is 23.8 Å². The van der Waals surface area contributed by atoms with E-state index in [9.17, 15) is 10.1 Å². The number of rotatable bonds is 6. The summed E-state index contributed by atoms with van der Waals surface area (Å²) >= 11 is 11.6. The number of nitriles is 1. The van der Waals surface area contributed by atoms with Crippen LogP contribution in [0.25, 0.3) is 6.08 Å². The Morgan fingerprint density at radius 2 is 2.10 bits per heavy atom. The molecule has 2 aromatic rings. The molecule has 1 amide bonds. The fourth-order valence-corrected chi connectivity index (χ4v) is 3.49. The number of carbonyl (C=O) groups is 1. The van der Waals surface area contributed by atoms with Gasteiger partial charge in [-0.25, -0.2) is 0 Å². The van der Waals surface area contributed by atoms with Crippen LogP contribution in [0.2, 0.25) is 5.02 Å². The van der Waals surface area contributed by atoms with E-state index in [0.717, 1.165) is 5.56 Å². The Balaban J connectivity index is 1.87. The zero-order valence-corrected chi connectivity index (χ0v) is 17.4. The fraction of sp³-hybridized carbons (Fsp3) is 0.190. The molecule has 0 bridgehead atoms. The molecule has 0 atom stereocenters. The molecule has 148 valence electrons. The Labute approximate surface area is 179 Å². The van der Waals surface area contributed by atoms with Gasteiger partial charge in [0.1, 0.15) is 12.3 Å². The number of ether oxygens (including phenoxy) is 2. The monoisotopic (exact) mass is 427 g/mol. The van der Waals surface area contributed by atoms with E-state index in [-0.39, 0.29) is 12.5 Å². The Bertz CT molecular complexity index is 1050. The maximum atomic E-state index is 12.4. The number of amides is 1. The number of hydrogen-bond donors (Lipinski definition) is 1. The van der Waals surface area contributed by atoms with Crippen LogP contribution in [-0.2, 0) is 11.4 Å². The highest BCUT2D eigenvalue weighted by molar-refractivity contribution is 7.80. The molecule has 0 saturated carbocycles. The molecule has 1 aliphatic rings. The maximum absolute atomic E-state index is 12.4. The zero-order chi connectivity index (χ0) is 21.0. The number of nitrogens with zero attached hydrogens (tertiary/aromatic N) is 2. The number of nitrogens with one attached hydrogen (secondary N) is 1. The van der Waals surface area contributed by atoms with Crippen LogP contribution in [0.4, 0.5) is 0 Å². The number of benzene rings is 2. The van der Waals surface area contributed by atoms with Gasteiger partial charge in [-0.15, -0.1) is 0 Å². The normalized spacial score (nSPS) is 14.7. The lowest BCUT2D eigenvalue weighted by Crippen LogP contribution is -2.30. The molecular weight excluding hydrogens is 410 g/mol. The third-order valence-electron chi connectivity index (χ3n) is 4.35. The lowest BCUT2D eigenvalue weighted by molar-refractivity contribution is -0.122. The second-order valence-electron chi connectivity index (χ2n) is 6.13. The zero-order valence-electron chi connectivity index (χ0n) is 15.9. The molecule has 0 spiro atoms.